The largest absolute Gasteiger partial charge is 0.240 e. The first-order valence-electron chi connectivity index (χ1n) is 6.48. The fraction of sp³-hybridized carbons (Fsp3) is 0.429. The summed E-state index contributed by atoms with van der Waals surface area (Å²) < 4.78 is 27.9. The molecule has 0 amide bonds. The number of halogens is 1. The van der Waals surface area contributed by atoms with Crippen molar-refractivity contribution in [2.24, 2.45) is 17.8 Å². The monoisotopic (exact) mass is 341 g/mol. The van der Waals surface area contributed by atoms with Crippen molar-refractivity contribution in [3.05, 3.63) is 40.9 Å². The van der Waals surface area contributed by atoms with Crippen molar-refractivity contribution in [1.82, 2.24) is 4.72 Å². The van der Waals surface area contributed by atoms with Gasteiger partial charge in [0.1, 0.15) is 0 Å². The lowest BCUT2D eigenvalue weighted by Gasteiger charge is -2.18. The maximum absolute atomic E-state index is 12.2. The van der Waals surface area contributed by atoms with Crippen LogP contribution in [-0.2, 0) is 10.0 Å². The summed E-state index contributed by atoms with van der Waals surface area (Å²) in [5.74, 6) is 1.70. The van der Waals surface area contributed by atoms with Crippen LogP contribution in [-0.4, -0.2) is 15.0 Å². The summed E-state index contributed by atoms with van der Waals surface area (Å²) in [6.45, 7) is 0.546. The fourth-order valence-electron chi connectivity index (χ4n) is 3.04. The van der Waals surface area contributed by atoms with E-state index in [0.717, 1.165) is 10.9 Å². The summed E-state index contributed by atoms with van der Waals surface area (Å²) in [6, 6.07) is 6.73. The van der Waals surface area contributed by atoms with E-state index in [-0.39, 0.29) is 0 Å². The Kier molecular flexibility index (Phi) is 3.53. The van der Waals surface area contributed by atoms with Crippen molar-refractivity contribution in [2.45, 2.75) is 17.7 Å². The molecule has 2 aliphatic carbocycles. The van der Waals surface area contributed by atoms with Crippen molar-refractivity contribution in [1.29, 1.82) is 0 Å². The van der Waals surface area contributed by atoms with E-state index in [1.165, 1.54) is 6.42 Å². The number of rotatable bonds is 4. The maximum atomic E-state index is 12.2. The lowest BCUT2D eigenvalue weighted by molar-refractivity contribution is 0.440. The molecule has 102 valence electrons. The van der Waals surface area contributed by atoms with Gasteiger partial charge in [-0.3, -0.25) is 0 Å². The highest BCUT2D eigenvalue weighted by molar-refractivity contribution is 9.10. The van der Waals surface area contributed by atoms with Gasteiger partial charge in [0, 0.05) is 11.0 Å². The van der Waals surface area contributed by atoms with Crippen LogP contribution in [0.5, 0.6) is 0 Å². The Morgan fingerprint density at radius 2 is 1.89 bits per heavy atom. The smallest absolute Gasteiger partial charge is 0.211 e. The molecule has 0 aromatic heterocycles. The second-order valence-corrected chi connectivity index (χ2v) is 8.03. The molecule has 1 aromatic rings. The van der Waals surface area contributed by atoms with Crippen molar-refractivity contribution < 1.29 is 8.42 Å². The van der Waals surface area contributed by atoms with Gasteiger partial charge < -0.3 is 0 Å². The maximum Gasteiger partial charge on any atom is 0.240 e. The SMILES string of the molecule is O=S(=O)(NCC1CC2C=CC1C2)c1ccc(Br)cc1. The molecule has 0 radical (unpaired) electrons. The number of fused-ring (bicyclic) bond motifs is 2. The van der Waals surface area contributed by atoms with Gasteiger partial charge in [-0.1, -0.05) is 28.1 Å². The minimum absolute atomic E-state index is 0.328. The van der Waals surface area contributed by atoms with Crippen LogP contribution in [0, 0.1) is 17.8 Å². The molecule has 2 aliphatic rings. The Hall–Kier alpha value is -0.650. The number of hydrogen-bond donors (Lipinski definition) is 1. The molecule has 3 unspecified atom stereocenters. The molecule has 5 heteroatoms. The van der Waals surface area contributed by atoms with Crippen LogP contribution in [0.1, 0.15) is 12.8 Å². The third-order valence-corrected chi connectivity index (χ3v) is 6.04. The molecule has 0 aliphatic heterocycles. The average molecular weight is 342 g/mol. The molecule has 3 atom stereocenters. The van der Waals surface area contributed by atoms with Crippen molar-refractivity contribution in [2.75, 3.05) is 6.54 Å². The molecule has 1 saturated carbocycles. The Labute approximate surface area is 122 Å². The van der Waals surface area contributed by atoms with Gasteiger partial charge in [-0.25, -0.2) is 13.1 Å². The second kappa shape index (κ2) is 5.04. The summed E-state index contributed by atoms with van der Waals surface area (Å²) in [6.07, 6.45) is 6.83. The fourth-order valence-corrected chi connectivity index (χ4v) is 4.40. The van der Waals surface area contributed by atoms with E-state index in [1.807, 2.05) is 0 Å². The van der Waals surface area contributed by atoms with E-state index in [9.17, 15) is 8.42 Å². The summed E-state index contributed by atoms with van der Waals surface area (Å²) >= 11 is 3.30. The zero-order valence-electron chi connectivity index (χ0n) is 10.4. The minimum Gasteiger partial charge on any atom is -0.211 e. The first-order chi connectivity index (χ1) is 9.04. The summed E-state index contributed by atoms with van der Waals surface area (Å²) in [5.41, 5.74) is 0. The summed E-state index contributed by atoms with van der Waals surface area (Å²) in [7, 11) is -3.38. The summed E-state index contributed by atoms with van der Waals surface area (Å²) in [5, 5.41) is 0. The first-order valence-corrected chi connectivity index (χ1v) is 8.76. The van der Waals surface area contributed by atoms with Gasteiger partial charge in [-0.2, -0.15) is 0 Å². The second-order valence-electron chi connectivity index (χ2n) is 5.35. The van der Waals surface area contributed by atoms with Crippen molar-refractivity contribution >= 4 is 26.0 Å². The normalized spacial score (nSPS) is 29.0. The molecule has 0 saturated heterocycles. The number of nitrogens with one attached hydrogen (secondary N) is 1. The van der Waals surface area contributed by atoms with Gasteiger partial charge in [0.15, 0.2) is 0 Å². The first kappa shape index (κ1) is 13.3. The van der Waals surface area contributed by atoms with Crippen LogP contribution < -0.4 is 4.72 Å². The Bertz CT molecular complexity index is 594. The van der Waals surface area contributed by atoms with Gasteiger partial charge in [-0.05, 0) is 54.9 Å². The molecule has 0 spiro atoms. The lowest BCUT2D eigenvalue weighted by Crippen LogP contribution is -2.31. The predicted octanol–water partition coefficient (Wildman–Crippen LogP) is 2.94. The third kappa shape index (κ3) is 2.78. The van der Waals surface area contributed by atoms with Crippen molar-refractivity contribution in [3.8, 4) is 0 Å². The molecule has 3 rings (SSSR count). The van der Waals surface area contributed by atoms with Crippen LogP contribution >= 0.6 is 15.9 Å². The number of sulfonamides is 1. The van der Waals surface area contributed by atoms with E-state index >= 15 is 0 Å². The zero-order chi connectivity index (χ0) is 13.5. The molecule has 3 nitrogen and oxygen atoms in total. The highest BCUT2D eigenvalue weighted by Crippen LogP contribution is 2.43. The predicted molar refractivity (Wildman–Crippen MR) is 78.2 cm³/mol. The van der Waals surface area contributed by atoms with E-state index in [4.69, 9.17) is 0 Å². The van der Waals surface area contributed by atoms with Crippen LogP contribution in [0.3, 0.4) is 0 Å². The van der Waals surface area contributed by atoms with Gasteiger partial charge in [0.05, 0.1) is 4.90 Å². The lowest BCUT2D eigenvalue weighted by atomic mass is 9.94. The quantitative estimate of drug-likeness (QED) is 0.856. The molecule has 19 heavy (non-hydrogen) atoms. The third-order valence-electron chi connectivity index (χ3n) is 4.08. The highest BCUT2D eigenvalue weighted by atomic mass is 79.9. The Balaban J connectivity index is 1.66. The van der Waals surface area contributed by atoms with E-state index in [0.29, 0.717) is 29.2 Å². The summed E-state index contributed by atoms with van der Waals surface area (Å²) in [4.78, 5) is 0.328. The molecular weight excluding hydrogens is 326 g/mol. The number of allylic oxidation sites excluding steroid dienone is 2. The Morgan fingerprint density at radius 3 is 2.47 bits per heavy atom. The number of benzene rings is 1. The van der Waals surface area contributed by atoms with E-state index in [2.05, 4.69) is 32.8 Å². The van der Waals surface area contributed by atoms with Gasteiger partial charge in [-0.15, -0.1) is 0 Å². The van der Waals surface area contributed by atoms with Crippen LogP contribution in [0.25, 0.3) is 0 Å². The molecule has 1 N–H and O–H groups in total. The van der Waals surface area contributed by atoms with E-state index < -0.39 is 10.0 Å². The zero-order valence-corrected chi connectivity index (χ0v) is 12.8. The topological polar surface area (TPSA) is 46.2 Å². The van der Waals surface area contributed by atoms with Crippen LogP contribution in [0.2, 0.25) is 0 Å². The highest BCUT2D eigenvalue weighted by Gasteiger charge is 2.35. The van der Waals surface area contributed by atoms with Crippen LogP contribution in [0.15, 0.2) is 45.8 Å². The molecular formula is C14H16BrNO2S. The average Bonchev–Trinajstić information content (AvgIpc) is 2.99. The molecule has 1 aromatic carbocycles. The Morgan fingerprint density at radius 1 is 1.16 bits per heavy atom. The molecule has 2 bridgehead atoms. The van der Waals surface area contributed by atoms with Gasteiger partial charge in [0.2, 0.25) is 10.0 Å². The molecule has 1 fully saturated rings. The van der Waals surface area contributed by atoms with Gasteiger partial charge in [0.25, 0.3) is 0 Å². The standard InChI is InChI=1S/C14H16BrNO2S/c15-13-3-5-14(6-4-13)19(17,18)16-9-12-8-10-1-2-11(12)7-10/h1-6,10-12,16H,7-9H2. The molecule has 0 heterocycles. The van der Waals surface area contributed by atoms with E-state index in [1.54, 1.807) is 24.3 Å². The number of hydrogen-bond acceptors (Lipinski definition) is 2. The minimum atomic E-state index is -3.38. The van der Waals surface area contributed by atoms with Crippen molar-refractivity contribution in [3.63, 3.8) is 0 Å². The van der Waals surface area contributed by atoms with Gasteiger partial charge >= 0.3 is 0 Å². The van der Waals surface area contributed by atoms with Crippen LogP contribution in [0.4, 0.5) is 0 Å².